The Morgan fingerprint density at radius 2 is 2.23 bits per heavy atom. The van der Waals surface area contributed by atoms with Crippen LogP contribution in [0.5, 0.6) is 0 Å². The van der Waals surface area contributed by atoms with E-state index in [4.69, 9.17) is 10.7 Å². The molecule has 0 amide bonds. The van der Waals surface area contributed by atoms with Gasteiger partial charge in [0.25, 0.3) is 9.05 Å². The van der Waals surface area contributed by atoms with Crippen LogP contribution in [-0.2, 0) is 13.8 Å². The molecule has 0 radical (unpaired) electrons. The van der Waals surface area contributed by atoms with Crippen LogP contribution in [0.3, 0.4) is 0 Å². The fourth-order valence-electron chi connectivity index (χ4n) is 0.731. The van der Waals surface area contributed by atoms with Crippen molar-refractivity contribution < 1.29 is 22.4 Å². The van der Waals surface area contributed by atoms with Gasteiger partial charge in [0.2, 0.25) is 5.76 Å². The molecule has 0 spiro atoms. The van der Waals surface area contributed by atoms with Crippen molar-refractivity contribution in [2.45, 2.75) is 4.90 Å². The monoisotopic (exact) mass is 224 g/mol. The molecule has 1 rings (SSSR count). The summed E-state index contributed by atoms with van der Waals surface area (Å²) in [4.78, 5) is 10.5. The molecule has 0 aliphatic heterocycles. The normalized spacial score (nSPS) is 11.2. The van der Waals surface area contributed by atoms with Gasteiger partial charge < -0.3 is 9.15 Å². The number of ether oxygens (including phenoxy) is 1. The first kappa shape index (κ1) is 10.1. The summed E-state index contributed by atoms with van der Waals surface area (Å²) in [7, 11) is 2.15. The van der Waals surface area contributed by atoms with Gasteiger partial charge in [-0.15, -0.1) is 0 Å². The Hall–Kier alpha value is -1.01. The summed E-state index contributed by atoms with van der Waals surface area (Å²) in [5.74, 6) is -1.30. The minimum absolute atomic E-state index is 0.388. The highest BCUT2D eigenvalue weighted by atomic mass is 35.7. The molecule has 0 aliphatic rings. The number of halogens is 1. The molecule has 0 bridgehead atoms. The van der Waals surface area contributed by atoms with Crippen molar-refractivity contribution in [3.05, 3.63) is 18.1 Å². The minimum atomic E-state index is -3.97. The third-order valence-electron chi connectivity index (χ3n) is 1.26. The fourth-order valence-corrected chi connectivity index (χ4v) is 1.67. The Morgan fingerprint density at radius 1 is 1.62 bits per heavy atom. The molecule has 0 unspecified atom stereocenters. The van der Waals surface area contributed by atoms with Crippen LogP contribution < -0.4 is 0 Å². The molecule has 7 heteroatoms. The summed E-state index contributed by atoms with van der Waals surface area (Å²) in [5.41, 5.74) is 0. The van der Waals surface area contributed by atoms with E-state index in [-0.39, 0.29) is 4.90 Å². The highest BCUT2D eigenvalue weighted by Gasteiger charge is 2.24. The molecule has 0 aliphatic carbocycles. The molecule has 0 aromatic carbocycles. The lowest BCUT2D eigenvalue weighted by molar-refractivity contribution is 0.0559. The second-order valence-electron chi connectivity index (χ2n) is 2.04. The van der Waals surface area contributed by atoms with Gasteiger partial charge in [0.15, 0.2) is 0 Å². The van der Waals surface area contributed by atoms with Crippen LogP contribution >= 0.6 is 10.7 Å². The first-order valence-corrected chi connectivity index (χ1v) is 5.38. The zero-order valence-corrected chi connectivity index (χ0v) is 8.05. The van der Waals surface area contributed by atoms with E-state index >= 15 is 0 Å². The molecule has 13 heavy (non-hydrogen) atoms. The Labute approximate surface area is 78.7 Å². The summed E-state index contributed by atoms with van der Waals surface area (Å²) >= 11 is 0. The van der Waals surface area contributed by atoms with E-state index < -0.39 is 20.8 Å². The Morgan fingerprint density at radius 3 is 2.69 bits per heavy atom. The van der Waals surface area contributed by atoms with E-state index in [0.29, 0.717) is 0 Å². The number of esters is 1. The van der Waals surface area contributed by atoms with Gasteiger partial charge >= 0.3 is 5.97 Å². The molecule has 0 saturated heterocycles. The highest BCUT2D eigenvalue weighted by Crippen LogP contribution is 2.21. The number of methoxy groups -OCH3 is 1. The Balaban J connectivity index is 3.26. The molecule has 72 valence electrons. The van der Waals surface area contributed by atoms with Gasteiger partial charge in [-0.05, 0) is 6.07 Å². The maximum absolute atomic E-state index is 10.9. The summed E-state index contributed by atoms with van der Waals surface area (Å²) in [5, 5.41) is 0. The average Bonchev–Trinajstić information content (AvgIpc) is 2.49. The fraction of sp³-hybridized carbons (Fsp3) is 0.167. The van der Waals surface area contributed by atoms with Crippen molar-refractivity contribution in [3.63, 3.8) is 0 Å². The summed E-state index contributed by atoms with van der Waals surface area (Å²) < 4.78 is 30.5. The van der Waals surface area contributed by atoms with Crippen molar-refractivity contribution in [2.75, 3.05) is 7.11 Å². The van der Waals surface area contributed by atoms with Crippen LogP contribution in [0.15, 0.2) is 21.6 Å². The lowest BCUT2D eigenvalue weighted by Gasteiger charge is -1.95. The second kappa shape index (κ2) is 3.39. The van der Waals surface area contributed by atoms with Gasteiger partial charge in [-0.2, -0.15) is 0 Å². The molecular formula is C6H5ClO5S. The Kier molecular flexibility index (Phi) is 2.63. The molecule has 0 atom stereocenters. The maximum atomic E-state index is 10.9. The maximum Gasteiger partial charge on any atom is 0.375 e. The number of carbonyl (C=O) groups is 1. The van der Waals surface area contributed by atoms with Crippen LogP contribution in [0.2, 0.25) is 0 Å². The van der Waals surface area contributed by atoms with E-state index in [1.807, 2.05) is 0 Å². The minimum Gasteiger partial charge on any atom is -0.463 e. The summed E-state index contributed by atoms with van der Waals surface area (Å²) in [6, 6.07) is 1.08. The number of hydrogen-bond donors (Lipinski definition) is 0. The molecule has 1 aromatic rings. The van der Waals surface area contributed by atoms with Crippen LogP contribution in [0, 0.1) is 0 Å². The van der Waals surface area contributed by atoms with Gasteiger partial charge in [0.05, 0.1) is 13.4 Å². The zero-order valence-electron chi connectivity index (χ0n) is 6.48. The molecule has 1 aromatic heterocycles. The lowest BCUT2D eigenvalue weighted by Crippen LogP contribution is -2.04. The topological polar surface area (TPSA) is 73.6 Å². The van der Waals surface area contributed by atoms with E-state index in [1.54, 1.807) is 0 Å². The van der Waals surface area contributed by atoms with E-state index in [2.05, 4.69) is 9.15 Å². The molecule has 1 heterocycles. The van der Waals surface area contributed by atoms with Gasteiger partial charge in [-0.25, -0.2) is 13.2 Å². The van der Waals surface area contributed by atoms with Gasteiger partial charge in [0.1, 0.15) is 4.90 Å². The quantitative estimate of drug-likeness (QED) is 0.553. The smallest absolute Gasteiger partial charge is 0.375 e. The molecule has 5 nitrogen and oxygen atoms in total. The molecule has 0 N–H and O–H groups in total. The van der Waals surface area contributed by atoms with Crippen molar-refractivity contribution >= 4 is 25.7 Å². The van der Waals surface area contributed by atoms with Crippen molar-refractivity contribution in [2.24, 2.45) is 0 Å². The van der Waals surface area contributed by atoms with Crippen LogP contribution in [0.1, 0.15) is 10.6 Å². The van der Waals surface area contributed by atoms with E-state index in [1.165, 1.54) is 0 Å². The first-order chi connectivity index (χ1) is 5.96. The third kappa shape index (κ3) is 2.02. The average molecular weight is 225 g/mol. The first-order valence-electron chi connectivity index (χ1n) is 3.07. The second-order valence-corrected chi connectivity index (χ2v) is 4.58. The van der Waals surface area contributed by atoms with Gasteiger partial charge in [-0.1, -0.05) is 0 Å². The highest BCUT2D eigenvalue weighted by molar-refractivity contribution is 8.13. The largest absolute Gasteiger partial charge is 0.463 e. The summed E-state index contributed by atoms with van der Waals surface area (Å²) in [6.45, 7) is 0. The van der Waals surface area contributed by atoms with E-state index in [0.717, 1.165) is 19.4 Å². The van der Waals surface area contributed by atoms with Crippen molar-refractivity contribution in [1.29, 1.82) is 0 Å². The zero-order chi connectivity index (χ0) is 10.1. The predicted molar refractivity (Wildman–Crippen MR) is 43.1 cm³/mol. The van der Waals surface area contributed by atoms with Crippen LogP contribution in [-0.4, -0.2) is 21.5 Å². The molecular weight excluding hydrogens is 220 g/mol. The van der Waals surface area contributed by atoms with Gasteiger partial charge in [0, 0.05) is 10.7 Å². The number of carbonyl (C=O) groups excluding carboxylic acids is 1. The van der Waals surface area contributed by atoms with Crippen molar-refractivity contribution in [3.8, 4) is 0 Å². The lowest BCUT2D eigenvalue weighted by atomic mass is 10.4. The third-order valence-corrected chi connectivity index (χ3v) is 2.61. The van der Waals surface area contributed by atoms with Crippen LogP contribution in [0.4, 0.5) is 0 Å². The van der Waals surface area contributed by atoms with Crippen LogP contribution in [0.25, 0.3) is 0 Å². The Bertz CT molecular complexity index is 418. The number of rotatable bonds is 2. The SMILES string of the molecule is COC(=O)c1occc1S(=O)(=O)Cl. The molecule has 0 fully saturated rings. The van der Waals surface area contributed by atoms with Crippen molar-refractivity contribution in [1.82, 2.24) is 0 Å². The molecule has 0 saturated carbocycles. The summed E-state index contributed by atoms with van der Waals surface area (Å²) in [6.07, 6.45) is 1.04. The van der Waals surface area contributed by atoms with Gasteiger partial charge in [-0.3, -0.25) is 0 Å². The number of hydrogen-bond acceptors (Lipinski definition) is 5. The van der Waals surface area contributed by atoms with E-state index in [9.17, 15) is 13.2 Å². The number of furan rings is 1. The standard InChI is InChI=1S/C6H5ClO5S/c1-11-6(8)5-4(2-3-12-5)13(7,9)10/h2-3H,1H3. The predicted octanol–water partition coefficient (Wildman–Crippen LogP) is 0.994.